The van der Waals surface area contributed by atoms with Crippen molar-refractivity contribution in [1.82, 2.24) is 19.7 Å². The lowest BCUT2D eigenvalue weighted by atomic mass is 10.1. The van der Waals surface area contributed by atoms with Crippen molar-refractivity contribution in [2.75, 3.05) is 12.3 Å². The van der Waals surface area contributed by atoms with Crippen LogP contribution in [-0.2, 0) is 16.4 Å². The van der Waals surface area contributed by atoms with Crippen LogP contribution in [0.25, 0.3) is 11.0 Å². The molecule has 1 fully saturated rings. The highest BCUT2D eigenvalue weighted by Gasteiger charge is 2.35. The molecule has 0 amide bonds. The summed E-state index contributed by atoms with van der Waals surface area (Å²) in [5, 5.41) is 5.10. The van der Waals surface area contributed by atoms with Gasteiger partial charge >= 0.3 is 0 Å². The topological polar surface area (TPSA) is 68.1 Å². The van der Waals surface area contributed by atoms with E-state index in [1.807, 2.05) is 24.0 Å². The molecule has 2 aromatic heterocycles. The van der Waals surface area contributed by atoms with E-state index in [1.54, 1.807) is 6.92 Å². The second-order valence-electron chi connectivity index (χ2n) is 6.72. The fraction of sp³-hybridized carbons (Fsp3) is 0.625. The van der Waals surface area contributed by atoms with Gasteiger partial charge in [-0.15, -0.1) is 0 Å². The normalized spacial score (nSPS) is 25.3. The molecular formula is C16H24N4O2S. The minimum Gasteiger partial charge on any atom is -0.294 e. The standard InChI is InChI=1S/C16H24N4O2S/c1-11(2)20-16-15(9-18-20)7-14(8-17-16)10-19-5-6-23(21,22)13(4)12(19)3/h7-9,11-13H,5-6,10H2,1-4H3. The first-order chi connectivity index (χ1) is 10.8. The van der Waals surface area contributed by atoms with Crippen LogP contribution in [0.15, 0.2) is 18.5 Å². The molecule has 0 spiro atoms. The number of fused-ring (bicyclic) bond motifs is 1. The number of rotatable bonds is 3. The maximum absolute atomic E-state index is 12.0. The van der Waals surface area contributed by atoms with E-state index in [2.05, 4.69) is 34.9 Å². The Morgan fingerprint density at radius 2 is 2.04 bits per heavy atom. The van der Waals surface area contributed by atoms with Crippen LogP contribution in [0.4, 0.5) is 0 Å². The van der Waals surface area contributed by atoms with E-state index in [0.29, 0.717) is 6.54 Å². The van der Waals surface area contributed by atoms with Crippen LogP contribution in [0.1, 0.15) is 39.3 Å². The molecule has 2 atom stereocenters. The first-order valence-electron chi connectivity index (χ1n) is 8.07. The van der Waals surface area contributed by atoms with E-state index in [-0.39, 0.29) is 23.1 Å². The molecule has 0 saturated carbocycles. The molecule has 23 heavy (non-hydrogen) atoms. The molecule has 1 saturated heterocycles. The zero-order chi connectivity index (χ0) is 16.8. The average molecular weight is 336 g/mol. The third kappa shape index (κ3) is 2.99. The second kappa shape index (κ2) is 5.87. The Morgan fingerprint density at radius 3 is 2.74 bits per heavy atom. The van der Waals surface area contributed by atoms with Gasteiger partial charge in [0.1, 0.15) is 0 Å². The van der Waals surface area contributed by atoms with Gasteiger partial charge in [-0.1, -0.05) is 0 Å². The predicted molar refractivity (Wildman–Crippen MR) is 91.0 cm³/mol. The van der Waals surface area contributed by atoms with Crippen molar-refractivity contribution in [3.63, 3.8) is 0 Å². The molecule has 2 aromatic rings. The zero-order valence-electron chi connectivity index (χ0n) is 14.1. The third-order valence-electron chi connectivity index (χ3n) is 4.85. The maximum atomic E-state index is 12.0. The zero-order valence-corrected chi connectivity index (χ0v) is 14.9. The summed E-state index contributed by atoms with van der Waals surface area (Å²) < 4.78 is 25.9. The lowest BCUT2D eigenvalue weighted by Gasteiger charge is -2.37. The number of hydrogen-bond donors (Lipinski definition) is 0. The van der Waals surface area contributed by atoms with E-state index < -0.39 is 9.84 Å². The maximum Gasteiger partial charge on any atom is 0.157 e. The molecule has 0 aromatic carbocycles. The van der Waals surface area contributed by atoms with Gasteiger partial charge in [0.05, 0.1) is 17.2 Å². The van der Waals surface area contributed by atoms with Crippen LogP contribution in [0, 0.1) is 0 Å². The molecule has 7 heteroatoms. The molecule has 3 heterocycles. The van der Waals surface area contributed by atoms with Crippen LogP contribution in [0.2, 0.25) is 0 Å². The molecule has 2 unspecified atom stereocenters. The molecule has 0 bridgehead atoms. The van der Waals surface area contributed by atoms with Crippen LogP contribution in [0.3, 0.4) is 0 Å². The Balaban J connectivity index is 1.82. The SMILES string of the molecule is CC1C(C)S(=O)(=O)CCN1Cc1cnc2c(cnn2C(C)C)c1. The van der Waals surface area contributed by atoms with Gasteiger partial charge in [-0.25, -0.2) is 18.1 Å². The monoisotopic (exact) mass is 336 g/mol. The quantitative estimate of drug-likeness (QED) is 0.858. The number of nitrogens with zero attached hydrogens (tertiary/aromatic N) is 4. The molecular weight excluding hydrogens is 312 g/mol. The van der Waals surface area contributed by atoms with Gasteiger partial charge in [-0.2, -0.15) is 5.10 Å². The average Bonchev–Trinajstić information content (AvgIpc) is 2.91. The van der Waals surface area contributed by atoms with Crippen LogP contribution >= 0.6 is 0 Å². The summed E-state index contributed by atoms with van der Waals surface area (Å²) in [4.78, 5) is 6.78. The Morgan fingerprint density at radius 1 is 1.30 bits per heavy atom. The minimum atomic E-state index is -2.95. The van der Waals surface area contributed by atoms with Gasteiger partial charge in [0.25, 0.3) is 0 Å². The summed E-state index contributed by atoms with van der Waals surface area (Å²) in [7, 11) is -2.95. The van der Waals surface area contributed by atoms with E-state index in [9.17, 15) is 8.42 Å². The lowest BCUT2D eigenvalue weighted by Crippen LogP contribution is -2.51. The molecule has 1 aliphatic heterocycles. The fourth-order valence-corrected chi connectivity index (χ4v) is 4.77. The van der Waals surface area contributed by atoms with Gasteiger partial charge in [-0.3, -0.25) is 4.90 Å². The summed E-state index contributed by atoms with van der Waals surface area (Å²) in [6.07, 6.45) is 3.72. The summed E-state index contributed by atoms with van der Waals surface area (Å²) >= 11 is 0. The number of pyridine rings is 1. The van der Waals surface area contributed by atoms with E-state index in [1.165, 1.54) is 0 Å². The molecule has 1 aliphatic rings. The summed E-state index contributed by atoms with van der Waals surface area (Å²) in [6, 6.07) is 2.40. The van der Waals surface area contributed by atoms with Crippen LogP contribution < -0.4 is 0 Å². The summed E-state index contributed by atoms with van der Waals surface area (Å²) in [6.45, 7) is 9.26. The summed E-state index contributed by atoms with van der Waals surface area (Å²) in [5.74, 6) is 0.236. The summed E-state index contributed by atoms with van der Waals surface area (Å²) in [5.41, 5.74) is 1.99. The van der Waals surface area contributed by atoms with Crippen LogP contribution in [-0.4, -0.2) is 51.7 Å². The Labute approximate surface area is 137 Å². The Kier molecular flexibility index (Phi) is 4.18. The van der Waals surface area contributed by atoms with Crippen molar-refractivity contribution >= 4 is 20.9 Å². The van der Waals surface area contributed by atoms with Crippen molar-refractivity contribution in [2.45, 2.75) is 51.6 Å². The van der Waals surface area contributed by atoms with Crippen LogP contribution in [0.5, 0.6) is 0 Å². The predicted octanol–water partition coefficient (Wildman–Crippen LogP) is 2.02. The van der Waals surface area contributed by atoms with Gasteiger partial charge < -0.3 is 0 Å². The smallest absolute Gasteiger partial charge is 0.157 e. The van der Waals surface area contributed by atoms with Gasteiger partial charge in [0.2, 0.25) is 0 Å². The lowest BCUT2D eigenvalue weighted by molar-refractivity contribution is 0.197. The highest BCUT2D eigenvalue weighted by molar-refractivity contribution is 7.92. The number of aromatic nitrogens is 3. The van der Waals surface area contributed by atoms with Gasteiger partial charge in [0, 0.05) is 36.8 Å². The van der Waals surface area contributed by atoms with E-state index in [0.717, 1.165) is 23.1 Å². The minimum absolute atomic E-state index is 0.0165. The molecule has 6 nitrogen and oxygen atoms in total. The fourth-order valence-electron chi connectivity index (χ4n) is 3.14. The van der Waals surface area contributed by atoms with Gasteiger partial charge in [0.15, 0.2) is 15.5 Å². The van der Waals surface area contributed by atoms with E-state index >= 15 is 0 Å². The Bertz CT molecular complexity index is 813. The second-order valence-corrected chi connectivity index (χ2v) is 9.20. The van der Waals surface area contributed by atoms with Crippen molar-refractivity contribution in [2.24, 2.45) is 0 Å². The third-order valence-corrected chi connectivity index (χ3v) is 7.13. The number of sulfone groups is 1. The van der Waals surface area contributed by atoms with E-state index in [4.69, 9.17) is 0 Å². The van der Waals surface area contributed by atoms with Gasteiger partial charge in [-0.05, 0) is 39.3 Å². The van der Waals surface area contributed by atoms with Crippen molar-refractivity contribution in [3.05, 3.63) is 24.0 Å². The van der Waals surface area contributed by atoms with Crippen molar-refractivity contribution in [1.29, 1.82) is 0 Å². The molecule has 126 valence electrons. The molecule has 0 aliphatic carbocycles. The Hall–Kier alpha value is -1.47. The molecule has 3 rings (SSSR count). The first-order valence-corrected chi connectivity index (χ1v) is 9.79. The molecule has 0 N–H and O–H groups in total. The first kappa shape index (κ1) is 16.4. The largest absolute Gasteiger partial charge is 0.294 e. The number of hydrogen-bond acceptors (Lipinski definition) is 5. The van der Waals surface area contributed by atoms with Crippen molar-refractivity contribution < 1.29 is 8.42 Å². The highest BCUT2D eigenvalue weighted by Crippen LogP contribution is 2.23. The van der Waals surface area contributed by atoms with Crippen molar-refractivity contribution in [3.8, 4) is 0 Å². The molecule has 0 radical (unpaired) electrons. The highest BCUT2D eigenvalue weighted by atomic mass is 32.2.